The summed E-state index contributed by atoms with van der Waals surface area (Å²) < 4.78 is 11.2. The summed E-state index contributed by atoms with van der Waals surface area (Å²) in [6.45, 7) is 0.203. The lowest BCUT2D eigenvalue weighted by molar-refractivity contribution is 0.0952. The Labute approximate surface area is 134 Å². The summed E-state index contributed by atoms with van der Waals surface area (Å²) in [4.78, 5) is 11.9. The fourth-order valence-electron chi connectivity index (χ4n) is 1.91. The smallest absolute Gasteiger partial charge is 0.275 e. The van der Waals surface area contributed by atoms with Gasteiger partial charge in [-0.15, -0.1) is 0 Å². The molecule has 0 aromatic heterocycles. The standard InChI is InChI=1S/C15H11BrN2O4/c16-10-2-3-12(19)11(6-10)15(20)18-17-7-9-1-4-13-14(5-9)22-8-21-13/h1-7,19H,8H2,(H,18,20). The van der Waals surface area contributed by atoms with Crippen LogP contribution in [-0.4, -0.2) is 24.0 Å². The molecule has 6 nitrogen and oxygen atoms in total. The molecule has 0 saturated heterocycles. The highest BCUT2D eigenvalue weighted by molar-refractivity contribution is 9.10. The molecule has 0 radical (unpaired) electrons. The number of amides is 1. The van der Waals surface area contributed by atoms with Crippen molar-refractivity contribution < 1.29 is 19.4 Å². The Bertz CT molecular complexity index is 761. The third kappa shape index (κ3) is 3.04. The number of phenolic OH excluding ortho intramolecular Hbond substituents is 1. The van der Waals surface area contributed by atoms with Gasteiger partial charge in [0.2, 0.25) is 6.79 Å². The predicted molar refractivity (Wildman–Crippen MR) is 83.4 cm³/mol. The van der Waals surface area contributed by atoms with Crippen molar-refractivity contribution in [1.82, 2.24) is 5.43 Å². The van der Waals surface area contributed by atoms with E-state index in [1.165, 1.54) is 18.3 Å². The minimum atomic E-state index is -0.504. The molecular formula is C15H11BrN2O4. The largest absolute Gasteiger partial charge is 0.507 e. The molecule has 1 aliphatic heterocycles. The first kappa shape index (κ1) is 14.4. The van der Waals surface area contributed by atoms with Gasteiger partial charge in [-0.25, -0.2) is 5.43 Å². The number of hydrogen-bond donors (Lipinski definition) is 2. The lowest BCUT2D eigenvalue weighted by Gasteiger charge is -2.03. The predicted octanol–water partition coefficient (Wildman–Crippen LogP) is 2.65. The number of ether oxygens (including phenoxy) is 2. The molecule has 0 aliphatic carbocycles. The lowest BCUT2D eigenvalue weighted by atomic mass is 10.2. The molecule has 0 atom stereocenters. The van der Waals surface area contributed by atoms with Crippen molar-refractivity contribution in [2.75, 3.05) is 6.79 Å². The van der Waals surface area contributed by atoms with Crippen molar-refractivity contribution in [2.24, 2.45) is 5.10 Å². The van der Waals surface area contributed by atoms with Gasteiger partial charge in [-0.05, 0) is 42.0 Å². The summed E-state index contributed by atoms with van der Waals surface area (Å²) in [5.74, 6) is 0.704. The number of phenols is 1. The Kier molecular flexibility index (Phi) is 3.97. The number of nitrogens with zero attached hydrogens (tertiary/aromatic N) is 1. The van der Waals surface area contributed by atoms with E-state index in [-0.39, 0.29) is 18.1 Å². The van der Waals surface area contributed by atoms with Gasteiger partial charge in [0.15, 0.2) is 11.5 Å². The molecule has 2 N–H and O–H groups in total. The van der Waals surface area contributed by atoms with Gasteiger partial charge in [0.05, 0.1) is 11.8 Å². The number of nitrogens with one attached hydrogen (secondary N) is 1. The molecule has 2 aromatic rings. The highest BCUT2D eigenvalue weighted by atomic mass is 79.9. The van der Waals surface area contributed by atoms with Gasteiger partial charge in [-0.1, -0.05) is 15.9 Å². The Morgan fingerprint density at radius 3 is 2.91 bits per heavy atom. The number of hydrazone groups is 1. The maximum atomic E-state index is 11.9. The van der Waals surface area contributed by atoms with Crippen LogP contribution in [0.3, 0.4) is 0 Å². The van der Waals surface area contributed by atoms with Crippen LogP contribution in [0.2, 0.25) is 0 Å². The summed E-state index contributed by atoms with van der Waals surface area (Å²) in [5.41, 5.74) is 3.25. The molecule has 2 aromatic carbocycles. The number of rotatable bonds is 3. The molecule has 0 bridgehead atoms. The summed E-state index contributed by atoms with van der Waals surface area (Å²) in [5, 5.41) is 13.5. The van der Waals surface area contributed by atoms with E-state index in [9.17, 15) is 9.90 Å². The Hall–Kier alpha value is -2.54. The van der Waals surface area contributed by atoms with Crippen molar-refractivity contribution >= 4 is 28.1 Å². The maximum Gasteiger partial charge on any atom is 0.275 e. The normalized spacial score (nSPS) is 12.6. The average Bonchev–Trinajstić information content (AvgIpc) is 2.97. The topological polar surface area (TPSA) is 80.2 Å². The minimum Gasteiger partial charge on any atom is -0.507 e. The third-order valence-corrected chi connectivity index (χ3v) is 3.47. The fourth-order valence-corrected chi connectivity index (χ4v) is 2.27. The molecule has 0 saturated carbocycles. The van der Waals surface area contributed by atoms with Gasteiger partial charge >= 0.3 is 0 Å². The number of carbonyl (C=O) groups excluding carboxylic acids is 1. The van der Waals surface area contributed by atoms with Crippen LogP contribution in [0.15, 0.2) is 46.0 Å². The summed E-state index contributed by atoms with van der Waals surface area (Å²) in [6, 6.07) is 9.91. The number of halogens is 1. The molecule has 7 heteroatoms. The first-order valence-corrected chi connectivity index (χ1v) is 7.14. The number of hydrogen-bond acceptors (Lipinski definition) is 5. The Morgan fingerprint density at radius 2 is 2.05 bits per heavy atom. The van der Waals surface area contributed by atoms with E-state index in [1.807, 2.05) is 0 Å². The molecule has 22 heavy (non-hydrogen) atoms. The molecule has 0 spiro atoms. The van der Waals surface area contributed by atoms with Crippen LogP contribution in [0.25, 0.3) is 0 Å². The average molecular weight is 363 g/mol. The molecule has 1 amide bonds. The minimum absolute atomic E-state index is 0.112. The van der Waals surface area contributed by atoms with E-state index < -0.39 is 5.91 Å². The van der Waals surface area contributed by atoms with E-state index in [1.54, 1.807) is 24.3 Å². The maximum absolute atomic E-state index is 11.9. The van der Waals surface area contributed by atoms with E-state index >= 15 is 0 Å². The van der Waals surface area contributed by atoms with Crippen LogP contribution in [0.1, 0.15) is 15.9 Å². The van der Waals surface area contributed by atoms with Gasteiger partial charge in [-0.2, -0.15) is 5.10 Å². The van der Waals surface area contributed by atoms with Crippen molar-refractivity contribution in [3.63, 3.8) is 0 Å². The van der Waals surface area contributed by atoms with Crippen LogP contribution in [-0.2, 0) is 0 Å². The second-order valence-electron chi connectivity index (χ2n) is 4.47. The van der Waals surface area contributed by atoms with Crippen molar-refractivity contribution in [3.8, 4) is 17.2 Å². The first-order chi connectivity index (χ1) is 10.6. The Balaban J connectivity index is 1.69. The highest BCUT2D eigenvalue weighted by Crippen LogP contribution is 2.31. The molecule has 0 unspecified atom stereocenters. The summed E-state index contributed by atoms with van der Waals surface area (Å²) >= 11 is 3.24. The molecule has 1 aliphatic rings. The fraction of sp³-hybridized carbons (Fsp3) is 0.0667. The Morgan fingerprint density at radius 1 is 1.23 bits per heavy atom. The first-order valence-electron chi connectivity index (χ1n) is 6.35. The molecule has 3 rings (SSSR count). The summed E-state index contributed by atoms with van der Waals surface area (Å²) in [6.07, 6.45) is 1.48. The highest BCUT2D eigenvalue weighted by Gasteiger charge is 2.13. The summed E-state index contributed by atoms with van der Waals surface area (Å²) in [7, 11) is 0. The van der Waals surface area contributed by atoms with Crippen molar-refractivity contribution in [3.05, 3.63) is 52.0 Å². The quantitative estimate of drug-likeness (QED) is 0.649. The molecule has 0 fully saturated rings. The van der Waals surface area contributed by atoms with Crippen LogP contribution >= 0.6 is 15.9 Å². The van der Waals surface area contributed by atoms with Gasteiger partial charge < -0.3 is 14.6 Å². The van der Waals surface area contributed by atoms with Crippen LogP contribution in [0.5, 0.6) is 17.2 Å². The number of benzene rings is 2. The second kappa shape index (κ2) is 6.07. The van der Waals surface area contributed by atoms with Crippen molar-refractivity contribution in [1.29, 1.82) is 0 Å². The van der Waals surface area contributed by atoms with Crippen LogP contribution in [0.4, 0.5) is 0 Å². The van der Waals surface area contributed by atoms with E-state index in [0.717, 1.165) is 5.56 Å². The van der Waals surface area contributed by atoms with Gasteiger partial charge in [-0.3, -0.25) is 4.79 Å². The lowest BCUT2D eigenvalue weighted by Crippen LogP contribution is -2.17. The van der Waals surface area contributed by atoms with Crippen LogP contribution < -0.4 is 14.9 Å². The third-order valence-electron chi connectivity index (χ3n) is 2.98. The SMILES string of the molecule is O=C(NN=Cc1ccc2c(c1)OCO2)c1cc(Br)ccc1O. The second-order valence-corrected chi connectivity index (χ2v) is 5.39. The van der Waals surface area contributed by atoms with E-state index in [0.29, 0.717) is 16.0 Å². The van der Waals surface area contributed by atoms with E-state index in [2.05, 4.69) is 26.5 Å². The molecule has 1 heterocycles. The monoisotopic (exact) mass is 362 g/mol. The number of carbonyl (C=O) groups is 1. The molecule has 112 valence electrons. The van der Waals surface area contributed by atoms with E-state index in [4.69, 9.17) is 9.47 Å². The number of fused-ring (bicyclic) bond motifs is 1. The zero-order valence-corrected chi connectivity index (χ0v) is 12.8. The van der Waals surface area contributed by atoms with Gasteiger partial charge in [0, 0.05) is 4.47 Å². The zero-order chi connectivity index (χ0) is 15.5. The zero-order valence-electron chi connectivity index (χ0n) is 11.2. The van der Waals surface area contributed by atoms with Crippen molar-refractivity contribution in [2.45, 2.75) is 0 Å². The number of aromatic hydroxyl groups is 1. The van der Waals surface area contributed by atoms with Crippen LogP contribution in [0, 0.1) is 0 Å². The van der Waals surface area contributed by atoms with Gasteiger partial charge in [0.1, 0.15) is 5.75 Å². The molecular weight excluding hydrogens is 352 g/mol. The van der Waals surface area contributed by atoms with Gasteiger partial charge in [0.25, 0.3) is 5.91 Å².